The van der Waals surface area contributed by atoms with Crippen LogP contribution in [-0.4, -0.2) is 11.6 Å². The van der Waals surface area contributed by atoms with Gasteiger partial charge >= 0.3 is 0 Å². The van der Waals surface area contributed by atoms with Crippen LogP contribution in [0.4, 0.5) is 5.69 Å². The third kappa shape index (κ3) is 3.85. The molecule has 2 N–H and O–H groups in total. The number of nitrogens with two attached hydrogens (primary N) is 1. The Balaban J connectivity index is 2.51. The van der Waals surface area contributed by atoms with Crippen LogP contribution >= 0.6 is 0 Å². The van der Waals surface area contributed by atoms with E-state index in [1.54, 1.807) is 0 Å². The van der Waals surface area contributed by atoms with Gasteiger partial charge in [0.25, 0.3) is 0 Å². The summed E-state index contributed by atoms with van der Waals surface area (Å²) in [6.45, 7) is 3.38. The maximum absolute atomic E-state index is 11.3. The molecule has 0 aliphatic heterocycles. The molecule has 0 aliphatic rings. The predicted octanol–water partition coefficient (Wildman–Crippen LogP) is 2.06. The highest BCUT2D eigenvalue weighted by Gasteiger charge is 2.06. The number of nitrogen functional groups attached to an aromatic ring is 1. The topological polar surface area (TPSA) is 60.2 Å². The van der Waals surface area contributed by atoms with E-state index >= 15 is 0 Å². The van der Waals surface area contributed by atoms with Crippen molar-refractivity contribution in [2.24, 2.45) is 0 Å². The van der Waals surface area contributed by atoms with E-state index < -0.39 is 0 Å². The number of hydrogen-bond acceptors (Lipinski definition) is 3. The largest absolute Gasteiger partial charge is 0.399 e. The number of Topliss-reactive ketones (excluding diaryl/α,β-unsaturated/α-hetero) is 2. The minimum absolute atomic E-state index is 0.00773. The molecule has 0 saturated heterocycles. The highest BCUT2D eigenvalue weighted by Crippen LogP contribution is 2.14. The van der Waals surface area contributed by atoms with E-state index in [9.17, 15) is 9.59 Å². The molecule has 3 heteroatoms. The molecule has 0 spiro atoms. The van der Waals surface area contributed by atoms with E-state index in [-0.39, 0.29) is 18.0 Å². The first-order valence-corrected chi connectivity index (χ1v) is 5.35. The first kappa shape index (κ1) is 12.4. The van der Waals surface area contributed by atoms with E-state index in [0.717, 1.165) is 16.8 Å². The highest BCUT2D eigenvalue weighted by atomic mass is 16.1. The van der Waals surface area contributed by atoms with Gasteiger partial charge in [0.15, 0.2) is 0 Å². The maximum atomic E-state index is 11.3. The van der Waals surface area contributed by atoms with Gasteiger partial charge in [-0.2, -0.15) is 0 Å². The molecule has 0 fully saturated rings. The summed E-state index contributed by atoms with van der Waals surface area (Å²) >= 11 is 0. The molecule has 0 amide bonds. The van der Waals surface area contributed by atoms with E-state index in [4.69, 9.17) is 5.73 Å². The average Bonchev–Trinajstić information content (AvgIpc) is 2.19. The zero-order valence-corrected chi connectivity index (χ0v) is 9.75. The van der Waals surface area contributed by atoms with Crippen molar-refractivity contribution in [2.45, 2.75) is 33.1 Å². The SMILES string of the molecule is CC(=O)CC(=O)CCc1ccc(C)c(N)c1. The summed E-state index contributed by atoms with van der Waals surface area (Å²) in [6.07, 6.45) is 1.10. The van der Waals surface area contributed by atoms with Crippen molar-refractivity contribution in [1.82, 2.24) is 0 Å². The number of hydrogen-bond donors (Lipinski definition) is 1. The van der Waals surface area contributed by atoms with E-state index in [1.165, 1.54) is 6.92 Å². The van der Waals surface area contributed by atoms with Gasteiger partial charge in [0.2, 0.25) is 0 Å². The fourth-order valence-corrected chi connectivity index (χ4v) is 1.50. The van der Waals surface area contributed by atoms with Gasteiger partial charge < -0.3 is 5.73 Å². The van der Waals surface area contributed by atoms with Gasteiger partial charge in [0.05, 0.1) is 6.42 Å². The summed E-state index contributed by atoms with van der Waals surface area (Å²) in [7, 11) is 0. The minimum atomic E-state index is -0.0755. The molecule has 0 atom stereocenters. The van der Waals surface area contributed by atoms with Crippen molar-refractivity contribution in [1.29, 1.82) is 0 Å². The van der Waals surface area contributed by atoms with Crippen LogP contribution in [0.2, 0.25) is 0 Å². The third-order valence-electron chi connectivity index (χ3n) is 2.48. The van der Waals surface area contributed by atoms with Gasteiger partial charge in [-0.05, 0) is 37.5 Å². The lowest BCUT2D eigenvalue weighted by Gasteiger charge is -2.04. The monoisotopic (exact) mass is 219 g/mol. The second-order valence-corrected chi connectivity index (χ2v) is 4.11. The Morgan fingerprint density at radius 2 is 2.00 bits per heavy atom. The van der Waals surface area contributed by atoms with Crippen molar-refractivity contribution < 1.29 is 9.59 Å². The van der Waals surface area contributed by atoms with Crippen LogP contribution in [0.3, 0.4) is 0 Å². The van der Waals surface area contributed by atoms with Gasteiger partial charge in [0, 0.05) is 12.1 Å². The number of ketones is 2. The quantitative estimate of drug-likeness (QED) is 0.609. The molecule has 0 aromatic heterocycles. The third-order valence-corrected chi connectivity index (χ3v) is 2.48. The molecular formula is C13H17NO2. The van der Waals surface area contributed by atoms with Gasteiger partial charge in [-0.3, -0.25) is 9.59 Å². The summed E-state index contributed by atoms with van der Waals surface area (Å²) in [5, 5.41) is 0. The first-order valence-electron chi connectivity index (χ1n) is 5.35. The average molecular weight is 219 g/mol. The number of anilines is 1. The predicted molar refractivity (Wildman–Crippen MR) is 64.2 cm³/mol. The lowest BCUT2D eigenvalue weighted by Crippen LogP contribution is -2.05. The number of carbonyl (C=O) groups is 2. The van der Waals surface area contributed by atoms with Crippen molar-refractivity contribution >= 4 is 17.3 Å². The summed E-state index contributed by atoms with van der Waals surface area (Å²) in [5.74, 6) is -0.0833. The van der Waals surface area contributed by atoms with Crippen LogP contribution in [0.5, 0.6) is 0 Å². The van der Waals surface area contributed by atoms with Crippen LogP contribution in [0, 0.1) is 6.92 Å². The molecule has 3 nitrogen and oxygen atoms in total. The van der Waals surface area contributed by atoms with Crippen molar-refractivity contribution in [3.63, 3.8) is 0 Å². The van der Waals surface area contributed by atoms with E-state index in [0.29, 0.717) is 12.8 Å². The molecule has 0 radical (unpaired) electrons. The summed E-state index contributed by atoms with van der Waals surface area (Å²) in [6, 6.07) is 5.79. The Morgan fingerprint density at radius 3 is 2.56 bits per heavy atom. The zero-order valence-electron chi connectivity index (χ0n) is 9.75. The standard InChI is InChI=1S/C13H17NO2/c1-9-3-4-11(8-13(9)14)5-6-12(16)7-10(2)15/h3-4,8H,5-7,14H2,1-2H3. The zero-order chi connectivity index (χ0) is 12.1. The molecule has 1 rings (SSSR count). The van der Waals surface area contributed by atoms with Crippen LogP contribution in [-0.2, 0) is 16.0 Å². The maximum Gasteiger partial charge on any atom is 0.140 e. The van der Waals surface area contributed by atoms with Gasteiger partial charge in [-0.15, -0.1) is 0 Å². The van der Waals surface area contributed by atoms with Gasteiger partial charge in [-0.1, -0.05) is 12.1 Å². The molecule has 0 saturated carbocycles. The smallest absolute Gasteiger partial charge is 0.140 e. The molecule has 0 bridgehead atoms. The minimum Gasteiger partial charge on any atom is -0.399 e. The van der Waals surface area contributed by atoms with Gasteiger partial charge in [-0.25, -0.2) is 0 Å². The Hall–Kier alpha value is -1.64. The van der Waals surface area contributed by atoms with Crippen molar-refractivity contribution in [3.05, 3.63) is 29.3 Å². The molecular weight excluding hydrogens is 202 g/mol. The molecule has 86 valence electrons. The number of aryl methyl sites for hydroxylation is 2. The lowest BCUT2D eigenvalue weighted by molar-refractivity contribution is -0.125. The number of rotatable bonds is 5. The Kier molecular flexibility index (Phi) is 4.23. The van der Waals surface area contributed by atoms with Crippen molar-refractivity contribution in [2.75, 3.05) is 5.73 Å². The molecule has 1 aromatic carbocycles. The number of benzene rings is 1. The van der Waals surface area contributed by atoms with E-state index in [2.05, 4.69) is 0 Å². The summed E-state index contributed by atoms with van der Waals surface area (Å²) < 4.78 is 0. The molecule has 16 heavy (non-hydrogen) atoms. The van der Waals surface area contributed by atoms with Crippen LogP contribution in [0.1, 0.15) is 30.9 Å². The summed E-state index contributed by atoms with van der Waals surface area (Å²) in [4.78, 5) is 22.1. The second-order valence-electron chi connectivity index (χ2n) is 4.11. The molecule has 1 aromatic rings. The highest BCUT2D eigenvalue weighted by molar-refractivity contribution is 5.97. The Labute approximate surface area is 95.6 Å². The fraction of sp³-hybridized carbons (Fsp3) is 0.385. The number of carbonyl (C=O) groups excluding carboxylic acids is 2. The molecule has 0 unspecified atom stereocenters. The molecule has 0 aliphatic carbocycles. The van der Waals surface area contributed by atoms with E-state index in [1.807, 2.05) is 25.1 Å². The normalized spacial score (nSPS) is 10.1. The molecule has 0 heterocycles. The summed E-state index contributed by atoms with van der Waals surface area (Å²) in [5.41, 5.74) is 8.60. The van der Waals surface area contributed by atoms with Crippen LogP contribution < -0.4 is 5.73 Å². The van der Waals surface area contributed by atoms with Crippen LogP contribution in [0.15, 0.2) is 18.2 Å². The second kappa shape index (κ2) is 5.45. The fourth-order valence-electron chi connectivity index (χ4n) is 1.50. The van der Waals surface area contributed by atoms with Crippen LogP contribution in [0.25, 0.3) is 0 Å². The van der Waals surface area contributed by atoms with Gasteiger partial charge in [0.1, 0.15) is 11.6 Å². The Bertz CT molecular complexity index is 410. The Morgan fingerprint density at radius 1 is 1.31 bits per heavy atom. The first-order chi connectivity index (χ1) is 7.49. The van der Waals surface area contributed by atoms with Crippen molar-refractivity contribution in [3.8, 4) is 0 Å². The lowest BCUT2D eigenvalue weighted by atomic mass is 10.0.